The number of rotatable bonds is 2. The molecule has 24 heavy (non-hydrogen) atoms. The number of carbonyl (C=O) groups is 1. The summed E-state index contributed by atoms with van der Waals surface area (Å²) in [5.74, 6) is 2.96. The Morgan fingerprint density at radius 3 is 2.79 bits per heavy atom. The Hall–Kier alpha value is -1.51. The van der Waals surface area contributed by atoms with Crippen molar-refractivity contribution in [1.82, 2.24) is 0 Å². The van der Waals surface area contributed by atoms with Crippen LogP contribution in [0.4, 0.5) is 0 Å². The Morgan fingerprint density at radius 1 is 1.21 bits per heavy atom. The molecular formula is C21H28O3. The quantitative estimate of drug-likeness (QED) is 0.751. The standard InChI is InChI=1S/C21H28O3/c1-13(22)24-20-9-8-19-18-6-4-14-12-15(23-3)5-7-16(14)17(18)10-11-21(19,20)2/h5,7,12,17-20H,4,6,8-11H2,1-3H3/t17-,18+,19+,20+,21+/m1/s1. The van der Waals surface area contributed by atoms with Crippen molar-refractivity contribution < 1.29 is 14.3 Å². The molecular weight excluding hydrogens is 300 g/mol. The Bertz CT molecular complexity index is 652. The molecule has 0 N–H and O–H groups in total. The minimum atomic E-state index is -0.120. The van der Waals surface area contributed by atoms with E-state index in [1.165, 1.54) is 31.2 Å². The van der Waals surface area contributed by atoms with Crippen LogP contribution in [0.3, 0.4) is 0 Å². The smallest absolute Gasteiger partial charge is 0.302 e. The number of esters is 1. The molecule has 0 radical (unpaired) electrons. The third-order valence-corrected chi connectivity index (χ3v) is 7.15. The number of carbonyl (C=O) groups excluding carboxylic acids is 1. The van der Waals surface area contributed by atoms with Gasteiger partial charge in [-0.2, -0.15) is 0 Å². The summed E-state index contributed by atoms with van der Waals surface area (Å²) in [7, 11) is 1.74. The number of methoxy groups -OCH3 is 1. The van der Waals surface area contributed by atoms with Gasteiger partial charge in [0.05, 0.1) is 7.11 Å². The van der Waals surface area contributed by atoms with Gasteiger partial charge in [-0.1, -0.05) is 13.0 Å². The van der Waals surface area contributed by atoms with Crippen LogP contribution < -0.4 is 4.74 Å². The summed E-state index contributed by atoms with van der Waals surface area (Å²) in [5.41, 5.74) is 3.20. The van der Waals surface area contributed by atoms with Crippen molar-refractivity contribution in [3.05, 3.63) is 29.3 Å². The van der Waals surface area contributed by atoms with Crippen LogP contribution >= 0.6 is 0 Å². The third-order valence-electron chi connectivity index (χ3n) is 7.15. The fourth-order valence-corrected chi connectivity index (χ4v) is 6.03. The largest absolute Gasteiger partial charge is 0.497 e. The fourth-order valence-electron chi connectivity index (χ4n) is 6.03. The van der Waals surface area contributed by atoms with E-state index in [9.17, 15) is 4.79 Å². The fraction of sp³-hybridized carbons (Fsp3) is 0.667. The van der Waals surface area contributed by atoms with Gasteiger partial charge in [0, 0.05) is 12.3 Å². The Kier molecular flexibility index (Phi) is 3.85. The summed E-state index contributed by atoms with van der Waals surface area (Å²) in [4.78, 5) is 11.5. The molecule has 1 aromatic carbocycles. The molecule has 3 nitrogen and oxygen atoms in total. The Labute approximate surface area is 144 Å². The van der Waals surface area contributed by atoms with E-state index in [0.717, 1.165) is 24.5 Å². The molecule has 0 aliphatic heterocycles. The van der Waals surface area contributed by atoms with Crippen LogP contribution in [0.2, 0.25) is 0 Å². The number of hydrogen-bond acceptors (Lipinski definition) is 3. The molecule has 0 aromatic heterocycles. The van der Waals surface area contributed by atoms with Crippen LogP contribution in [0.25, 0.3) is 0 Å². The molecule has 0 amide bonds. The zero-order valence-electron chi connectivity index (χ0n) is 15.0. The lowest BCUT2D eigenvalue weighted by molar-refractivity contribution is -0.154. The summed E-state index contributed by atoms with van der Waals surface area (Å²) < 4.78 is 11.1. The van der Waals surface area contributed by atoms with Crippen LogP contribution in [0.1, 0.15) is 63.0 Å². The molecule has 1 aromatic rings. The van der Waals surface area contributed by atoms with Gasteiger partial charge in [-0.05, 0) is 79.5 Å². The summed E-state index contributed by atoms with van der Waals surface area (Å²) in [6.07, 6.45) is 7.17. The lowest BCUT2D eigenvalue weighted by Gasteiger charge is -2.50. The lowest BCUT2D eigenvalue weighted by atomic mass is 9.55. The van der Waals surface area contributed by atoms with Crippen LogP contribution in [0, 0.1) is 17.3 Å². The molecule has 130 valence electrons. The normalized spacial score (nSPS) is 37.1. The topological polar surface area (TPSA) is 35.5 Å². The van der Waals surface area contributed by atoms with Crippen molar-refractivity contribution in [2.24, 2.45) is 17.3 Å². The van der Waals surface area contributed by atoms with Gasteiger partial charge in [-0.3, -0.25) is 4.79 Å². The van der Waals surface area contributed by atoms with Gasteiger partial charge >= 0.3 is 5.97 Å². The first-order chi connectivity index (χ1) is 11.5. The van der Waals surface area contributed by atoms with Gasteiger partial charge in [-0.25, -0.2) is 0 Å². The Morgan fingerprint density at radius 2 is 2.04 bits per heavy atom. The third kappa shape index (κ3) is 2.35. The SMILES string of the molecule is COc1ccc2c(c1)CC[C@H]1[C@@H]2CC[C@]2(C)[C@@H](OC(C)=O)CC[C@@H]12. The maximum absolute atomic E-state index is 11.5. The van der Waals surface area contributed by atoms with Crippen LogP contribution in [-0.2, 0) is 16.0 Å². The van der Waals surface area contributed by atoms with E-state index in [-0.39, 0.29) is 17.5 Å². The van der Waals surface area contributed by atoms with Crippen molar-refractivity contribution in [3.8, 4) is 5.75 Å². The van der Waals surface area contributed by atoms with Gasteiger partial charge < -0.3 is 9.47 Å². The highest BCUT2D eigenvalue weighted by atomic mass is 16.5. The second-order valence-corrected chi connectivity index (χ2v) is 8.20. The van der Waals surface area contributed by atoms with Gasteiger partial charge in [0.15, 0.2) is 0 Å². The molecule has 4 rings (SSSR count). The molecule has 0 unspecified atom stereocenters. The van der Waals surface area contributed by atoms with Crippen molar-refractivity contribution in [2.45, 2.75) is 64.4 Å². The van der Waals surface area contributed by atoms with Crippen molar-refractivity contribution in [1.29, 1.82) is 0 Å². The van der Waals surface area contributed by atoms with Gasteiger partial charge in [-0.15, -0.1) is 0 Å². The molecule has 0 spiro atoms. The molecule has 0 heterocycles. The van der Waals surface area contributed by atoms with Crippen molar-refractivity contribution >= 4 is 5.97 Å². The van der Waals surface area contributed by atoms with Gasteiger partial charge in [0.25, 0.3) is 0 Å². The van der Waals surface area contributed by atoms with E-state index < -0.39 is 0 Å². The van der Waals surface area contributed by atoms with Crippen LogP contribution in [-0.4, -0.2) is 19.2 Å². The van der Waals surface area contributed by atoms with E-state index in [1.54, 1.807) is 19.6 Å². The van der Waals surface area contributed by atoms with E-state index in [1.807, 2.05) is 0 Å². The second kappa shape index (κ2) is 5.79. The first kappa shape index (κ1) is 16.0. The highest BCUT2D eigenvalue weighted by molar-refractivity contribution is 5.66. The molecule has 5 atom stereocenters. The van der Waals surface area contributed by atoms with E-state index >= 15 is 0 Å². The minimum Gasteiger partial charge on any atom is -0.497 e. The first-order valence-electron chi connectivity index (χ1n) is 9.37. The Balaban J connectivity index is 1.62. The predicted octanol–water partition coefficient (Wildman–Crippen LogP) is 4.48. The zero-order chi connectivity index (χ0) is 16.9. The van der Waals surface area contributed by atoms with E-state index in [2.05, 4.69) is 25.1 Å². The molecule has 0 bridgehead atoms. The second-order valence-electron chi connectivity index (χ2n) is 8.20. The van der Waals surface area contributed by atoms with E-state index in [4.69, 9.17) is 9.47 Å². The number of fused-ring (bicyclic) bond motifs is 5. The van der Waals surface area contributed by atoms with Crippen LogP contribution in [0.5, 0.6) is 5.75 Å². The van der Waals surface area contributed by atoms with Crippen LogP contribution in [0.15, 0.2) is 18.2 Å². The summed E-state index contributed by atoms with van der Waals surface area (Å²) >= 11 is 0. The minimum absolute atomic E-state index is 0.120. The molecule has 3 aliphatic rings. The lowest BCUT2D eigenvalue weighted by Crippen LogP contribution is -2.45. The van der Waals surface area contributed by atoms with Crippen molar-refractivity contribution in [2.75, 3.05) is 7.11 Å². The maximum atomic E-state index is 11.5. The summed E-state index contributed by atoms with van der Waals surface area (Å²) in [6.45, 7) is 3.92. The van der Waals surface area contributed by atoms with Gasteiger partial charge in [0.2, 0.25) is 0 Å². The molecule has 0 saturated heterocycles. The van der Waals surface area contributed by atoms with E-state index in [0.29, 0.717) is 11.8 Å². The predicted molar refractivity (Wildman–Crippen MR) is 93.2 cm³/mol. The highest BCUT2D eigenvalue weighted by Gasteiger charge is 2.56. The number of benzene rings is 1. The van der Waals surface area contributed by atoms with Crippen molar-refractivity contribution in [3.63, 3.8) is 0 Å². The number of hydrogen-bond donors (Lipinski definition) is 0. The maximum Gasteiger partial charge on any atom is 0.302 e. The average Bonchev–Trinajstić information content (AvgIpc) is 2.90. The summed E-state index contributed by atoms with van der Waals surface area (Å²) in [5, 5.41) is 0. The monoisotopic (exact) mass is 328 g/mol. The molecule has 3 aliphatic carbocycles. The molecule has 2 saturated carbocycles. The number of aryl methyl sites for hydroxylation is 1. The summed E-state index contributed by atoms with van der Waals surface area (Å²) in [6, 6.07) is 6.65. The average molecular weight is 328 g/mol. The molecule has 3 heteroatoms. The zero-order valence-corrected chi connectivity index (χ0v) is 15.0. The highest BCUT2D eigenvalue weighted by Crippen LogP contribution is 2.61. The van der Waals surface area contributed by atoms with Gasteiger partial charge in [0.1, 0.15) is 11.9 Å². The first-order valence-corrected chi connectivity index (χ1v) is 9.37. The molecule has 2 fully saturated rings. The number of ether oxygens (including phenoxy) is 2.